The van der Waals surface area contributed by atoms with E-state index >= 15 is 0 Å². The van der Waals surface area contributed by atoms with E-state index in [9.17, 15) is 5.11 Å². The van der Waals surface area contributed by atoms with Crippen LogP contribution in [0.3, 0.4) is 0 Å². The van der Waals surface area contributed by atoms with E-state index < -0.39 is 0 Å². The number of nitrogens with one attached hydrogen (secondary N) is 1. The Bertz CT molecular complexity index is 361. The quantitative estimate of drug-likeness (QED) is 0.811. The van der Waals surface area contributed by atoms with Gasteiger partial charge in [-0.3, -0.25) is 0 Å². The van der Waals surface area contributed by atoms with Gasteiger partial charge < -0.3 is 10.4 Å². The van der Waals surface area contributed by atoms with Crippen LogP contribution >= 0.6 is 11.3 Å². The number of aliphatic hydroxyl groups is 1. The summed E-state index contributed by atoms with van der Waals surface area (Å²) in [5.74, 6) is 0. The van der Waals surface area contributed by atoms with Crippen molar-refractivity contribution in [2.45, 2.75) is 64.6 Å². The highest BCUT2D eigenvalue weighted by Gasteiger charge is 2.21. The Hall–Kier alpha value is -0.380. The van der Waals surface area contributed by atoms with Crippen LogP contribution in [0, 0.1) is 13.8 Å². The summed E-state index contributed by atoms with van der Waals surface area (Å²) in [5, 5.41) is 13.6. The lowest BCUT2D eigenvalue weighted by Gasteiger charge is -2.21. The molecule has 1 aromatic heterocycles. The fourth-order valence-corrected chi connectivity index (χ4v) is 3.57. The molecule has 17 heavy (non-hydrogen) atoms. The van der Waals surface area contributed by atoms with Crippen LogP contribution in [0.15, 0.2) is 6.07 Å². The zero-order valence-electron chi connectivity index (χ0n) is 10.8. The Labute approximate surface area is 108 Å². The average Bonchev–Trinajstić information content (AvgIpc) is 2.48. The van der Waals surface area contributed by atoms with Crippen LogP contribution in [0.2, 0.25) is 0 Å². The minimum absolute atomic E-state index is 0.155. The van der Waals surface area contributed by atoms with Crippen molar-refractivity contribution in [3.05, 3.63) is 21.4 Å². The van der Waals surface area contributed by atoms with E-state index in [1.54, 1.807) is 0 Å². The molecule has 0 saturated heterocycles. The maximum atomic E-state index is 10.0. The summed E-state index contributed by atoms with van der Waals surface area (Å²) in [7, 11) is 0. The molecule has 2 N–H and O–H groups in total. The molecule has 0 aromatic carbocycles. The second kappa shape index (κ2) is 5.98. The first-order valence-corrected chi connectivity index (χ1v) is 7.46. The van der Waals surface area contributed by atoms with Gasteiger partial charge in [0.1, 0.15) is 0 Å². The Morgan fingerprint density at radius 3 is 2.76 bits per heavy atom. The third kappa shape index (κ3) is 3.54. The van der Waals surface area contributed by atoms with Gasteiger partial charge in [-0.1, -0.05) is 19.3 Å². The monoisotopic (exact) mass is 253 g/mol. The van der Waals surface area contributed by atoms with Crippen molar-refractivity contribution in [1.82, 2.24) is 5.32 Å². The van der Waals surface area contributed by atoms with Gasteiger partial charge in [0.05, 0.1) is 6.10 Å². The molecule has 1 aliphatic rings. The molecule has 1 aliphatic carbocycles. The number of thiophene rings is 1. The second-order valence-electron chi connectivity index (χ2n) is 5.13. The molecule has 0 aliphatic heterocycles. The fraction of sp³-hybridized carbons (Fsp3) is 0.714. The molecule has 0 bridgehead atoms. The Kier molecular flexibility index (Phi) is 4.60. The standard InChI is InChI=1S/C14H23NOS/c1-10-8-12(11(2)17-10)9-15-13-6-4-3-5-7-14(13)16/h8,13-16H,3-7,9H2,1-2H3. The molecule has 2 nitrogen and oxygen atoms in total. The second-order valence-corrected chi connectivity index (χ2v) is 6.59. The molecule has 1 saturated carbocycles. The Morgan fingerprint density at radius 1 is 1.29 bits per heavy atom. The maximum Gasteiger partial charge on any atom is 0.0693 e. The lowest BCUT2D eigenvalue weighted by molar-refractivity contribution is 0.119. The highest BCUT2D eigenvalue weighted by Crippen LogP contribution is 2.22. The van der Waals surface area contributed by atoms with Crippen molar-refractivity contribution in [2.75, 3.05) is 0 Å². The first-order chi connectivity index (χ1) is 8.16. The minimum Gasteiger partial charge on any atom is -0.392 e. The predicted molar refractivity (Wildman–Crippen MR) is 73.5 cm³/mol. The van der Waals surface area contributed by atoms with Crippen molar-refractivity contribution in [1.29, 1.82) is 0 Å². The van der Waals surface area contributed by atoms with Crippen LogP contribution in [0.5, 0.6) is 0 Å². The van der Waals surface area contributed by atoms with Gasteiger partial charge in [-0.25, -0.2) is 0 Å². The molecule has 1 aromatic rings. The van der Waals surface area contributed by atoms with Gasteiger partial charge in [0.25, 0.3) is 0 Å². The molecule has 1 heterocycles. The summed E-state index contributed by atoms with van der Waals surface area (Å²) in [6.45, 7) is 5.23. The van der Waals surface area contributed by atoms with Gasteiger partial charge in [0, 0.05) is 22.3 Å². The lowest BCUT2D eigenvalue weighted by Crippen LogP contribution is -2.38. The summed E-state index contributed by atoms with van der Waals surface area (Å²) in [4.78, 5) is 2.78. The third-order valence-electron chi connectivity index (χ3n) is 3.68. The summed E-state index contributed by atoms with van der Waals surface area (Å²) in [5.41, 5.74) is 1.39. The van der Waals surface area contributed by atoms with E-state index in [4.69, 9.17) is 0 Å². The van der Waals surface area contributed by atoms with E-state index in [1.165, 1.54) is 34.6 Å². The molecule has 96 valence electrons. The molecule has 2 unspecified atom stereocenters. The average molecular weight is 253 g/mol. The number of rotatable bonds is 3. The molecular weight excluding hydrogens is 230 g/mol. The van der Waals surface area contributed by atoms with Crippen LogP contribution in [0.25, 0.3) is 0 Å². The van der Waals surface area contributed by atoms with Gasteiger partial charge in [-0.05, 0) is 38.3 Å². The molecule has 2 rings (SSSR count). The molecule has 0 amide bonds. The maximum absolute atomic E-state index is 10.0. The van der Waals surface area contributed by atoms with Crippen LogP contribution in [-0.4, -0.2) is 17.3 Å². The van der Waals surface area contributed by atoms with Crippen LogP contribution in [0.1, 0.15) is 47.4 Å². The summed E-state index contributed by atoms with van der Waals surface area (Å²) in [6.07, 6.45) is 5.61. The van der Waals surface area contributed by atoms with E-state index in [0.717, 1.165) is 19.4 Å². The van der Waals surface area contributed by atoms with Gasteiger partial charge in [0.15, 0.2) is 0 Å². The zero-order valence-corrected chi connectivity index (χ0v) is 11.6. The van der Waals surface area contributed by atoms with Crippen molar-refractivity contribution < 1.29 is 5.11 Å². The normalized spacial score (nSPS) is 25.8. The SMILES string of the molecule is Cc1cc(CNC2CCCCCC2O)c(C)s1. The Morgan fingerprint density at radius 2 is 2.06 bits per heavy atom. The smallest absolute Gasteiger partial charge is 0.0693 e. The van der Waals surface area contributed by atoms with Gasteiger partial charge >= 0.3 is 0 Å². The number of hydrogen-bond donors (Lipinski definition) is 2. The summed E-state index contributed by atoms with van der Waals surface area (Å²) < 4.78 is 0. The van der Waals surface area contributed by atoms with E-state index in [-0.39, 0.29) is 12.1 Å². The highest BCUT2D eigenvalue weighted by atomic mass is 32.1. The number of aryl methyl sites for hydroxylation is 2. The van der Waals surface area contributed by atoms with Crippen molar-refractivity contribution in [2.24, 2.45) is 0 Å². The summed E-state index contributed by atoms with van der Waals surface area (Å²) >= 11 is 1.86. The van der Waals surface area contributed by atoms with E-state index in [0.29, 0.717) is 0 Å². The van der Waals surface area contributed by atoms with Crippen LogP contribution < -0.4 is 5.32 Å². The lowest BCUT2D eigenvalue weighted by atomic mass is 10.1. The first kappa shape index (κ1) is 13.1. The van der Waals surface area contributed by atoms with Crippen molar-refractivity contribution in [3.8, 4) is 0 Å². The molecule has 0 spiro atoms. The van der Waals surface area contributed by atoms with Crippen LogP contribution in [-0.2, 0) is 6.54 Å². The fourth-order valence-electron chi connectivity index (χ4n) is 2.63. The Balaban J connectivity index is 1.90. The molecule has 1 fully saturated rings. The number of hydrogen-bond acceptors (Lipinski definition) is 3. The van der Waals surface area contributed by atoms with E-state index in [2.05, 4.69) is 25.2 Å². The van der Waals surface area contributed by atoms with Crippen LogP contribution in [0.4, 0.5) is 0 Å². The molecular formula is C14H23NOS. The predicted octanol–water partition coefficient (Wildman–Crippen LogP) is 3.15. The summed E-state index contributed by atoms with van der Waals surface area (Å²) in [6, 6.07) is 2.55. The van der Waals surface area contributed by atoms with Gasteiger partial charge in [-0.2, -0.15) is 0 Å². The number of aliphatic hydroxyl groups excluding tert-OH is 1. The van der Waals surface area contributed by atoms with Gasteiger partial charge in [-0.15, -0.1) is 11.3 Å². The first-order valence-electron chi connectivity index (χ1n) is 6.64. The molecule has 2 atom stereocenters. The molecule has 0 radical (unpaired) electrons. The largest absolute Gasteiger partial charge is 0.392 e. The van der Waals surface area contributed by atoms with Crippen molar-refractivity contribution in [3.63, 3.8) is 0 Å². The highest BCUT2D eigenvalue weighted by molar-refractivity contribution is 7.12. The third-order valence-corrected chi connectivity index (χ3v) is 4.69. The zero-order chi connectivity index (χ0) is 12.3. The minimum atomic E-state index is -0.155. The van der Waals surface area contributed by atoms with E-state index in [1.807, 2.05) is 11.3 Å². The van der Waals surface area contributed by atoms with Gasteiger partial charge in [0.2, 0.25) is 0 Å². The molecule has 3 heteroatoms. The van der Waals surface area contributed by atoms with Crippen molar-refractivity contribution >= 4 is 11.3 Å². The topological polar surface area (TPSA) is 32.3 Å².